The molecule has 1 saturated carbocycles. The lowest BCUT2D eigenvalue weighted by Crippen LogP contribution is -2.30. The van der Waals surface area contributed by atoms with Gasteiger partial charge in [0.25, 0.3) is 0 Å². The summed E-state index contributed by atoms with van der Waals surface area (Å²) in [7, 11) is 0. The first kappa shape index (κ1) is 18.5. The van der Waals surface area contributed by atoms with Gasteiger partial charge < -0.3 is 25.4 Å². The maximum atomic E-state index is 12.2. The van der Waals surface area contributed by atoms with Gasteiger partial charge in [-0.05, 0) is 55.3 Å². The molecule has 0 radical (unpaired) electrons. The largest absolute Gasteiger partial charge is 0.486 e. The van der Waals surface area contributed by atoms with Crippen molar-refractivity contribution >= 4 is 35.1 Å². The quantitative estimate of drug-likeness (QED) is 0.648. The molecule has 1 heterocycles. The summed E-state index contributed by atoms with van der Waals surface area (Å²) in [5.74, 6) is 1.63. The number of carbonyl (C=O) groups excluding carboxylic acids is 2. The molecule has 28 heavy (non-hydrogen) atoms. The van der Waals surface area contributed by atoms with Crippen LogP contribution in [-0.2, 0) is 4.79 Å². The highest BCUT2D eigenvalue weighted by Gasteiger charge is 2.23. The van der Waals surface area contributed by atoms with E-state index in [-0.39, 0.29) is 17.7 Å². The van der Waals surface area contributed by atoms with Crippen LogP contribution in [0.1, 0.15) is 12.8 Å². The molecular weight excluding hydrogens is 378 g/mol. The molecule has 2 aliphatic rings. The fourth-order valence-corrected chi connectivity index (χ4v) is 3.40. The van der Waals surface area contributed by atoms with E-state index in [1.165, 1.54) is 11.8 Å². The number of hydrogen-bond acceptors (Lipinski definition) is 5. The molecule has 0 atom stereocenters. The van der Waals surface area contributed by atoms with Crippen molar-refractivity contribution in [3.63, 3.8) is 0 Å². The first-order valence-electron chi connectivity index (χ1n) is 9.15. The van der Waals surface area contributed by atoms with E-state index >= 15 is 0 Å². The summed E-state index contributed by atoms with van der Waals surface area (Å²) in [6, 6.07) is 12.8. The molecule has 7 nitrogen and oxygen atoms in total. The molecular formula is C20H21N3O4S. The molecule has 3 N–H and O–H groups in total. The van der Waals surface area contributed by atoms with Gasteiger partial charge >= 0.3 is 6.03 Å². The number of nitrogens with one attached hydrogen (secondary N) is 3. The highest BCUT2D eigenvalue weighted by Crippen LogP contribution is 2.34. The fraction of sp³-hybridized carbons (Fsp3) is 0.300. The molecule has 2 aromatic carbocycles. The normalized spacial score (nSPS) is 14.9. The number of hydrogen-bond donors (Lipinski definition) is 3. The van der Waals surface area contributed by atoms with Crippen molar-refractivity contribution in [3.8, 4) is 11.5 Å². The first-order chi connectivity index (χ1) is 13.7. The summed E-state index contributed by atoms with van der Waals surface area (Å²) in [6.07, 6.45) is 2.09. The number of amides is 3. The van der Waals surface area contributed by atoms with Crippen molar-refractivity contribution in [3.05, 3.63) is 42.5 Å². The second-order valence-electron chi connectivity index (χ2n) is 6.59. The minimum atomic E-state index is -0.199. The van der Waals surface area contributed by atoms with Gasteiger partial charge in [0.2, 0.25) is 5.91 Å². The van der Waals surface area contributed by atoms with Crippen LogP contribution in [0.2, 0.25) is 0 Å². The number of anilines is 2. The fourth-order valence-electron chi connectivity index (χ4n) is 2.68. The molecule has 1 fully saturated rings. The van der Waals surface area contributed by atoms with Crippen LogP contribution >= 0.6 is 11.8 Å². The molecule has 0 unspecified atom stereocenters. The van der Waals surface area contributed by atoms with E-state index < -0.39 is 0 Å². The summed E-state index contributed by atoms with van der Waals surface area (Å²) in [5.41, 5.74) is 1.36. The molecule has 146 valence electrons. The number of rotatable bonds is 6. The van der Waals surface area contributed by atoms with E-state index in [9.17, 15) is 9.59 Å². The van der Waals surface area contributed by atoms with Gasteiger partial charge in [-0.1, -0.05) is 0 Å². The van der Waals surface area contributed by atoms with Gasteiger partial charge in [0.1, 0.15) is 13.2 Å². The molecule has 1 aliphatic carbocycles. The SMILES string of the molecule is O=C(CSc1ccc2c(c1)OCCO2)Nc1ccc(NC(=O)NC2CC2)cc1. The van der Waals surface area contributed by atoms with Gasteiger partial charge in [0.15, 0.2) is 11.5 Å². The third kappa shape index (κ3) is 5.10. The Hall–Kier alpha value is -2.87. The van der Waals surface area contributed by atoms with Crippen molar-refractivity contribution < 1.29 is 19.1 Å². The molecule has 0 spiro atoms. The average molecular weight is 399 g/mol. The zero-order chi connectivity index (χ0) is 19.3. The van der Waals surface area contributed by atoms with E-state index in [1.54, 1.807) is 24.3 Å². The molecule has 0 bridgehead atoms. The molecule has 1 aliphatic heterocycles. The predicted octanol–water partition coefficient (Wildman–Crippen LogP) is 3.47. The Kier molecular flexibility index (Phi) is 5.57. The zero-order valence-corrected chi connectivity index (χ0v) is 16.0. The van der Waals surface area contributed by atoms with E-state index in [4.69, 9.17) is 9.47 Å². The smallest absolute Gasteiger partial charge is 0.319 e. The Morgan fingerprint density at radius 2 is 1.61 bits per heavy atom. The Morgan fingerprint density at radius 3 is 2.32 bits per heavy atom. The molecule has 8 heteroatoms. The number of fused-ring (bicyclic) bond motifs is 1. The van der Waals surface area contributed by atoms with Crippen LogP contribution in [0.3, 0.4) is 0 Å². The van der Waals surface area contributed by atoms with Gasteiger partial charge in [0.05, 0.1) is 5.75 Å². The molecule has 4 rings (SSSR count). The van der Waals surface area contributed by atoms with Crippen molar-refractivity contribution in [1.82, 2.24) is 5.32 Å². The summed E-state index contributed by atoms with van der Waals surface area (Å²) in [5, 5.41) is 8.49. The first-order valence-corrected chi connectivity index (χ1v) is 10.1. The van der Waals surface area contributed by atoms with Crippen LogP contribution in [0, 0.1) is 0 Å². The second-order valence-corrected chi connectivity index (χ2v) is 7.64. The Bertz CT molecular complexity index is 868. The standard InChI is InChI=1S/C20H21N3O4S/c24-19(12-28-16-7-8-17-18(11-16)27-10-9-26-17)21-13-1-3-14(4-2-13)22-20(25)23-15-5-6-15/h1-4,7-8,11,15H,5-6,9-10,12H2,(H,21,24)(H2,22,23,25). The Balaban J connectivity index is 1.24. The third-order valence-corrected chi connectivity index (χ3v) is 5.22. The third-order valence-electron chi connectivity index (χ3n) is 4.22. The van der Waals surface area contributed by atoms with Crippen molar-refractivity contribution in [2.75, 3.05) is 29.6 Å². The second kappa shape index (κ2) is 8.43. The van der Waals surface area contributed by atoms with Gasteiger partial charge in [-0.25, -0.2) is 4.79 Å². The predicted molar refractivity (Wildman–Crippen MR) is 108 cm³/mol. The van der Waals surface area contributed by atoms with E-state index in [0.717, 1.165) is 23.5 Å². The zero-order valence-electron chi connectivity index (χ0n) is 15.2. The highest BCUT2D eigenvalue weighted by atomic mass is 32.2. The van der Waals surface area contributed by atoms with Gasteiger partial charge in [-0.2, -0.15) is 0 Å². The number of benzene rings is 2. The lowest BCUT2D eigenvalue weighted by molar-refractivity contribution is -0.113. The Labute approximate surface area is 167 Å². The van der Waals surface area contributed by atoms with Crippen LogP contribution < -0.4 is 25.4 Å². The van der Waals surface area contributed by atoms with E-state index in [0.29, 0.717) is 36.4 Å². The lowest BCUT2D eigenvalue weighted by Gasteiger charge is -2.18. The number of carbonyl (C=O) groups is 2. The summed E-state index contributed by atoms with van der Waals surface area (Å²) in [4.78, 5) is 24.9. The minimum absolute atomic E-state index is 0.105. The summed E-state index contributed by atoms with van der Waals surface area (Å²) < 4.78 is 11.1. The van der Waals surface area contributed by atoms with Gasteiger partial charge in [0, 0.05) is 22.3 Å². The average Bonchev–Trinajstić information content (AvgIpc) is 3.51. The number of thioether (sulfide) groups is 1. The van der Waals surface area contributed by atoms with E-state index in [2.05, 4.69) is 16.0 Å². The molecule has 2 aromatic rings. The Morgan fingerprint density at radius 1 is 0.929 bits per heavy atom. The van der Waals surface area contributed by atoms with Crippen LogP contribution in [0.5, 0.6) is 11.5 Å². The van der Waals surface area contributed by atoms with Crippen LogP contribution in [0.25, 0.3) is 0 Å². The summed E-state index contributed by atoms with van der Waals surface area (Å²) in [6.45, 7) is 1.09. The number of urea groups is 1. The van der Waals surface area contributed by atoms with Crippen molar-refractivity contribution in [2.24, 2.45) is 0 Å². The van der Waals surface area contributed by atoms with Gasteiger partial charge in [-0.15, -0.1) is 11.8 Å². The molecule has 0 aromatic heterocycles. The lowest BCUT2D eigenvalue weighted by atomic mass is 10.3. The van der Waals surface area contributed by atoms with Crippen LogP contribution in [-0.4, -0.2) is 36.9 Å². The monoisotopic (exact) mass is 399 g/mol. The topological polar surface area (TPSA) is 88.7 Å². The maximum absolute atomic E-state index is 12.2. The molecule has 0 saturated heterocycles. The van der Waals surface area contributed by atoms with Crippen molar-refractivity contribution in [2.45, 2.75) is 23.8 Å². The maximum Gasteiger partial charge on any atom is 0.319 e. The minimum Gasteiger partial charge on any atom is -0.486 e. The van der Waals surface area contributed by atoms with Gasteiger partial charge in [-0.3, -0.25) is 4.79 Å². The summed E-state index contributed by atoms with van der Waals surface area (Å²) >= 11 is 1.43. The molecule has 3 amide bonds. The van der Waals surface area contributed by atoms with Crippen LogP contribution in [0.4, 0.5) is 16.2 Å². The number of ether oxygens (including phenoxy) is 2. The van der Waals surface area contributed by atoms with Crippen LogP contribution in [0.15, 0.2) is 47.4 Å². The van der Waals surface area contributed by atoms with E-state index in [1.807, 2.05) is 18.2 Å². The highest BCUT2D eigenvalue weighted by molar-refractivity contribution is 8.00. The van der Waals surface area contributed by atoms with Crippen molar-refractivity contribution in [1.29, 1.82) is 0 Å².